The normalized spacial score (nSPS) is 17.1. The van der Waals surface area contributed by atoms with Crippen molar-refractivity contribution >= 4 is 21.8 Å². The molecule has 0 bridgehead atoms. The molecular weight excluding hydrogens is 316 g/mol. The van der Waals surface area contributed by atoms with Gasteiger partial charge in [-0.3, -0.25) is 4.79 Å². The monoisotopic (exact) mass is 338 g/mol. The SMILES string of the molecule is CCCN1CCC(NC(=O)c2cccc(CBr)c2)CC1. The van der Waals surface area contributed by atoms with Crippen LogP contribution in [-0.2, 0) is 5.33 Å². The van der Waals surface area contributed by atoms with Crippen molar-refractivity contribution in [1.82, 2.24) is 10.2 Å². The van der Waals surface area contributed by atoms with Gasteiger partial charge in [-0.05, 0) is 43.5 Å². The van der Waals surface area contributed by atoms with Gasteiger partial charge in [0.1, 0.15) is 0 Å². The van der Waals surface area contributed by atoms with Gasteiger partial charge >= 0.3 is 0 Å². The maximum absolute atomic E-state index is 12.2. The average molecular weight is 339 g/mol. The lowest BCUT2D eigenvalue weighted by Gasteiger charge is -2.32. The first-order valence-corrected chi connectivity index (χ1v) is 8.53. The number of likely N-dealkylation sites (tertiary alicyclic amines) is 1. The van der Waals surface area contributed by atoms with Crippen LogP contribution in [-0.4, -0.2) is 36.5 Å². The summed E-state index contributed by atoms with van der Waals surface area (Å²) >= 11 is 3.42. The Morgan fingerprint density at radius 3 is 2.80 bits per heavy atom. The van der Waals surface area contributed by atoms with Crippen molar-refractivity contribution in [2.75, 3.05) is 19.6 Å². The highest BCUT2D eigenvalue weighted by Crippen LogP contribution is 2.13. The van der Waals surface area contributed by atoms with Gasteiger partial charge in [0.15, 0.2) is 0 Å². The Morgan fingerprint density at radius 2 is 2.15 bits per heavy atom. The van der Waals surface area contributed by atoms with Gasteiger partial charge in [-0.15, -0.1) is 0 Å². The Balaban J connectivity index is 1.86. The second kappa shape index (κ2) is 7.79. The van der Waals surface area contributed by atoms with Crippen molar-refractivity contribution in [3.8, 4) is 0 Å². The fraction of sp³-hybridized carbons (Fsp3) is 0.562. The standard InChI is InChI=1S/C16H23BrN2O/c1-2-8-19-9-6-15(7-10-19)18-16(20)14-5-3-4-13(11-14)12-17/h3-5,11,15H,2,6-10,12H2,1H3,(H,18,20). The first-order valence-electron chi connectivity index (χ1n) is 7.41. The zero-order valence-corrected chi connectivity index (χ0v) is 13.7. The Labute approximate surface area is 129 Å². The van der Waals surface area contributed by atoms with E-state index in [1.165, 1.54) is 13.0 Å². The van der Waals surface area contributed by atoms with Crippen molar-refractivity contribution < 1.29 is 4.79 Å². The number of carbonyl (C=O) groups excluding carboxylic acids is 1. The van der Waals surface area contributed by atoms with E-state index in [-0.39, 0.29) is 5.91 Å². The number of hydrogen-bond donors (Lipinski definition) is 1. The second-order valence-electron chi connectivity index (χ2n) is 5.42. The van der Waals surface area contributed by atoms with Crippen LogP contribution < -0.4 is 5.32 Å². The smallest absolute Gasteiger partial charge is 0.251 e. The lowest BCUT2D eigenvalue weighted by Crippen LogP contribution is -2.44. The van der Waals surface area contributed by atoms with Crippen molar-refractivity contribution in [2.24, 2.45) is 0 Å². The van der Waals surface area contributed by atoms with Crippen LogP contribution >= 0.6 is 15.9 Å². The maximum Gasteiger partial charge on any atom is 0.251 e. The summed E-state index contributed by atoms with van der Waals surface area (Å²) in [6, 6.07) is 8.12. The zero-order valence-electron chi connectivity index (χ0n) is 12.1. The number of benzene rings is 1. The molecular formula is C16H23BrN2O. The number of nitrogens with one attached hydrogen (secondary N) is 1. The van der Waals surface area contributed by atoms with Gasteiger partial charge in [0.25, 0.3) is 5.91 Å². The molecule has 20 heavy (non-hydrogen) atoms. The first kappa shape index (κ1) is 15.5. The second-order valence-corrected chi connectivity index (χ2v) is 5.98. The molecule has 2 rings (SSSR count). The van der Waals surface area contributed by atoms with Gasteiger partial charge in [-0.1, -0.05) is 35.0 Å². The number of rotatable bonds is 5. The van der Waals surface area contributed by atoms with E-state index in [0.29, 0.717) is 6.04 Å². The van der Waals surface area contributed by atoms with E-state index in [4.69, 9.17) is 0 Å². The summed E-state index contributed by atoms with van der Waals surface area (Å²) < 4.78 is 0. The summed E-state index contributed by atoms with van der Waals surface area (Å²) in [4.78, 5) is 14.7. The minimum Gasteiger partial charge on any atom is -0.349 e. The summed E-state index contributed by atoms with van der Waals surface area (Å²) in [6.07, 6.45) is 3.32. The highest BCUT2D eigenvalue weighted by molar-refractivity contribution is 9.08. The predicted octanol–water partition coefficient (Wildman–Crippen LogP) is 3.19. The van der Waals surface area contributed by atoms with Crippen LogP contribution in [0, 0.1) is 0 Å². The molecule has 0 spiro atoms. The van der Waals surface area contributed by atoms with Gasteiger partial charge < -0.3 is 10.2 Å². The number of piperidine rings is 1. The third-order valence-electron chi connectivity index (χ3n) is 3.81. The summed E-state index contributed by atoms with van der Waals surface area (Å²) in [5.74, 6) is 0.0572. The van der Waals surface area contributed by atoms with Crippen molar-refractivity contribution in [1.29, 1.82) is 0 Å². The van der Waals surface area contributed by atoms with Crippen molar-refractivity contribution in [3.05, 3.63) is 35.4 Å². The lowest BCUT2D eigenvalue weighted by atomic mass is 10.0. The average Bonchev–Trinajstić information content (AvgIpc) is 2.49. The number of alkyl halides is 1. The van der Waals surface area contributed by atoms with Gasteiger partial charge in [0.05, 0.1) is 0 Å². The summed E-state index contributed by atoms with van der Waals surface area (Å²) in [5.41, 5.74) is 1.90. The first-order chi connectivity index (χ1) is 9.72. The van der Waals surface area contributed by atoms with Crippen LogP contribution in [0.1, 0.15) is 42.1 Å². The molecule has 1 aromatic carbocycles. The quantitative estimate of drug-likeness (QED) is 0.836. The number of nitrogens with zero attached hydrogens (tertiary/aromatic N) is 1. The fourth-order valence-corrected chi connectivity index (χ4v) is 3.03. The third-order valence-corrected chi connectivity index (χ3v) is 4.45. The molecule has 1 aromatic rings. The van der Waals surface area contributed by atoms with E-state index in [1.807, 2.05) is 24.3 Å². The number of amides is 1. The van der Waals surface area contributed by atoms with Crippen LogP contribution in [0.15, 0.2) is 24.3 Å². The molecule has 1 heterocycles. The minimum absolute atomic E-state index is 0.0572. The molecule has 3 nitrogen and oxygen atoms in total. The van der Waals surface area contributed by atoms with Crippen LogP contribution in [0.2, 0.25) is 0 Å². The van der Waals surface area contributed by atoms with E-state index < -0.39 is 0 Å². The molecule has 1 saturated heterocycles. The van der Waals surface area contributed by atoms with Gasteiger partial charge in [0, 0.05) is 30.0 Å². The van der Waals surface area contributed by atoms with Crippen LogP contribution in [0.5, 0.6) is 0 Å². The molecule has 0 aliphatic carbocycles. The van der Waals surface area contributed by atoms with E-state index in [2.05, 4.69) is 33.1 Å². The molecule has 0 radical (unpaired) electrons. The molecule has 1 amide bonds. The minimum atomic E-state index is 0.0572. The molecule has 0 atom stereocenters. The van der Waals surface area contributed by atoms with E-state index in [0.717, 1.165) is 42.4 Å². The zero-order chi connectivity index (χ0) is 14.4. The number of halogens is 1. The van der Waals surface area contributed by atoms with Crippen molar-refractivity contribution in [2.45, 2.75) is 37.6 Å². The van der Waals surface area contributed by atoms with Gasteiger partial charge in [-0.25, -0.2) is 0 Å². The molecule has 0 aromatic heterocycles. The topological polar surface area (TPSA) is 32.3 Å². The molecule has 4 heteroatoms. The molecule has 1 aliphatic heterocycles. The lowest BCUT2D eigenvalue weighted by molar-refractivity contribution is 0.0911. The van der Waals surface area contributed by atoms with Crippen LogP contribution in [0.3, 0.4) is 0 Å². The Hall–Kier alpha value is -0.870. The Morgan fingerprint density at radius 1 is 1.40 bits per heavy atom. The largest absolute Gasteiger partial charge is 0.349 e. The third kappa shape index (κ3) is 4.32. The number of carbonyl (C=O) groups is 1. The van der Waals surface area contributed by atoms with Gasteiger partial charge in [0.2, 0.25) is 0 Å². The van der Waals surface area contributed by atoms with Crippen LogP contribution in [0.25, 0.3) is 0 Å². The Kier molecular flexibility index (Phi) is 6.05. The maximum atomic E-state index is 12.2. The van der Waals surface area contributed by atoms with E-state index >= 15 is 0 Å². The van der Waals surface area contributed by atoms with E-state index in [1.54, 1.807) is 0 Å². The highest BCUT2D eigenvalue weighted by Gasteiger charge is 2.20. The Bertz CT molecular complexity index is 442. The fourth-order valence-electron chi connectivity index (χ4n) is 2.68. The highest BCUT2D eigenvalue weighted by atomic mass is 79.9. The number of hydrogen-bond acceptors (Lipinski definition) is 2. The molecule has 1 N–H and O–H groups in total. The summed E-state index contributed by atoms with van der Waals surface area (Å²) in [6.45, 7) is 5.58. The van der Waals surface area contributed by atoms with Crippen LogP contribution in [0.4, 0.5) is 0 Å². The van der Waals surface area contributed by atoms with Gasteiger partial charge in [-0.2, -0.15) is 0 Å². The molecule has 1 aliphatic rings. The predicted molar refractivity (Wildman–Crippen MR) is 86.3 cm³/mol. The molecule has 0 saturated carbocycles. The molecule has 110 valence electrons. The van der Waals surface area contributed by atoms with E-state index in [9.17, 15) is 4.79 Å². The summed E-state index contributed by atoms with van der Waals surface area (Å²) in [5, 5.41) is 3.95. The molecule has 1 fully saturated rings. The summed E-state index contributed by atoms with van der Waals surface area (Å²) in [7, 11) is 0. The van der Waals surface area contributed by atoms with Crippen molar-refractivity contribution in [3.63, 3.8) is 0 Å². The molecule has 0 unspecified atom stereocenters.